The Kier molecular flexibility index (Phi) is 3.59. The molecular formula is C18H24O4S. The van der Waals surface area contributed by atoms with Gasteiger partial charge in [0.25, 0.3) is 0 Å². The zero-order valence-electron chi connectivity index (χ0n) is 13.4. The fraction of sp³-hybridized carbons (Fsp3) is 0.667. The highest BCUT2D eigenvalue weighted by Crippen LogP contribution is 2.61. The molecular weight excluding hydrogens is 312 g/mol. The summed E-state index contributed by atoms with van der Waals surface area (Å²) in [5, 5.41) is 0. The summed E-state index contributed by atoms with van der Waals surface area (Å²) in [4.78, 5) is 0. The highest BCUT2D eigenvalue weighted by Gasteiger charge is 2.54. The van der Waals surface area contributed by atoms with Crippen molar-refractivity contribution in [2.75, 3.05) is 0 Å². The van der Waals surface area contributed by atoms with Gasteiger partial charge in [-0.15, -0.1) is 0 Å². The molecule has 5 heteroatoms. The topological polar surface area (TPSA) is 63.6 Å². The summed E-state index contributed by atoms with van der Waals surface area (Å²) in [6.07, 6.45) is 6.00. The van der Waals surface area contributed by atoms with Crippen molar-refractivity contribution in [1.29, 1.82) is 0 Å². The number of benzene rings is 1. The first-order valence-corrected chi connectivity index (χ1v) is 9.97. The molecule has 2 saturated carbocycles. The van der Waals surface area contributed by atoms with Gasteiger partial charge in [-0.3, -0.25) is 4.55 Å². The smallest absolute Gasteiger partial charge is 0.264 e. The normalized spacial score (nSPS) is 39.4. The van der Waals surface area contributed by atoms with Crippen LogP contribution in [0.3, 0.4) is 0 Å². The molecule has 1 N–H and O–H groups in total. The van der Waals surface area contributed by atoms with Crippen LogP contribution in [-0.4, -0.2) is 19.1 Å². The molecule has 23 heavy (non-hydrogen) atoms. The lowest BCUT2D eigenvalue weighted by atomic mass is 9.55. The minimum absolute atomic E-state index is 0.188. The second-order valence-electron chi connectivity index (χ2n) is 7.84. The average molecular weight is 336 g/mol. The van der Waals surface area contributed by atoms with Crippen molar-refractivity contribution in [1.82, 2.24) is 0 Å². The summed E-state index contributed by atoms with van der Waals surface area (Å²) >= 11 is 0. The van der Waals surface area contributed by atoms with Gasteiger partial charge in [-0.25, -0.2) is 4.18 Å². The molecule has 0 radical (unpaired) electrons. The van der Waals surface area contributed by atoms with Crippen molar-refractivity contribution >= 4 is 10.4 Å². The molecule has 3 aliphatic rings. The van der Waals surface area contributed by atoms with Crippen LogP contribution in [0.5, 0.6) is 0 Å². The van der Waals surface area contributed by atoms with E-state index in [1.54, 1.807) is 0 Å². The number of fused-ring (bicyclic) bond motifs is 5. The first-order chi connectivity index (χ1) is 10.9. The van der Waals surface area contributed by atoms with Crippen LogP contribution in [0.15, 0.2) is 24.3 Å². The van der Waals surface area contributed by atoms with Gasteiger partial charge >= 0.3 is 10.4 Å². The zero-order valence-corrected chi connectivity index (χ0v) is 14.3. The van der Waals surface area contributed by atoms with Crippen LogP contribution in [0.1, 0.15) is 56.1 Å². The minimum Gasteiger partial charge on any atom is -0.264 e. The monoisotopic (exact) mass is 336 g/mol. The summed E-state index contributed by atoms with van der Waals surface area (Å²) in [7, 11) is -4.43. The van der Waals surface area contributed by atoms with Crippen molar-refractivity contribution in [2.45, 2.75) is 57.5 Å². The average Bonchev–Trinajstić information content (AvgIpc) is 2.87. The molecule has 1 unspecified atom stereocenters. The molecule has 126 valence electrons. The van der Waals surface area contributed by atoms with Gasteiger partial charge in [0.05, 0.1) is 6.10 Å². The maximum atomic E-state index is 11.4. The molecule has 0 heterocycles. The van der Waals surface area contributed by atoms with Crippen molar-refractivity contribution in [3.05, 3.63) is 35.4 Å². The Balaban J connectivity index is 1.78. The number of hydrogen-bond acceptors (Lipinski definition) is 3. The Hall–Kier alpha value is -0.910. The summed E-state index contributed by atoms with van der Waals surface area (Å²) < 4.78 is 37.2. The fourth-order valence-electron chi connectivity index (χ4n) is 5.76. The van der Waals surface area contributed by atoms with Gasteiger partial charge < -0.3 is 0 Å². The molecule has 4 nitrogen and oxygen atoms in total. The van der Waals surface area contributed by atoms with E-state index in [1.807, 2.05) is 6.07 Å². The highest BCUT2D eigenvalue weighted by molar-refractivity contribution is 7.80. The van der Waals surface area contributed by atoms with Crippen molar-refractivity contribution < 1.29 is 17.2 Å². The van der Waals surface area contributed by atoms with Crippen LogP contribution in [0, 0.1) is 17.3 Å². The van der Waals surface area contributed by atoms with Crippen LogP contribution in [-0.2, 0) is 21.0 Å². The van der Waals surface area contributed by atoms with Gasteiger partial charge in [-0.1, -0.05) is 37.6 Å². The van der Waals surface area contributed by atoms with E-state index in [4.69, 9.17) is 4.18 Å². The van der Waals surface area contributed by atoms with E-state index in [0.717, 1.165) is 12.8 Å². The second kappa shape index (κ2) is 5.30. The lowest BCUT2D eigenvalue weighted by molar-refractivity contribution is -0.0147. The van der Waals surface area contributed by atoms with E-state index in [2.05, 4.69) is 25.1 Å². The Bertz CT molecular complexity index is 713. The van der Waals surface area contributed by atoms with E-state index < -0.39 is 16.5 Å². The standard InChI is InChI=1S/C18H24O4S/c1-18-9-4-7-15(18)17-14(8-10-18)13-6-3-2-5-12(13)11-16(17)22-23(19,20)21/h2-3,5-6,14-17H,4,7-11H2,1H3,(H,19,20,21)/t14-,15+,16?,17-,18+/m1/s1. The van der Waals surface area contributed by atoms with E-state index >= 15 is 0 Å². The van der Waals surface area contributed by atoms with Gasteiger partial charge in [-0.05, 0) is 60.0 Å². The third kappa shape index (κ3) is 2.63. The van der Waals surface area contributed by atoms with Gasteiger partial charge in [0.15, 0.2) is 0 Å². The van der Waals surface area contributed by atoms with Crippen LogP contribution in [0.25, 0.3) is 0 Å². The SMILES string of the molecule is C[C@@]12CCC[C@H]1[C@@H]1C(OS(=O)(=O)O)Cc3ccccc3[C@H]1CC2. The maximum absolute atomic E-state index is 11.4. The molecule has 3 aliphatic carbocycles. The van der Waals surface area contributed by atoms with Crippen LogP contribution in [0.2, 0.25) is 0 Å². The Morgan fingerprint density at radius 1 is 1.22 bits per heavy atom. The molecule has 5 atom stereocenters. The maximum Gasteiger partial charge on any atom is 0.397 e. The van der Waals surface area contributed by atoms with Crippen LogP contribution < -0.4 is 0 Å². The predicted octanol–water partition coefficient (Wildman–Crippen LogP) is 3.73. The van der Waals surface area contributed by atoms with Gasteiger partial charge in [0, 0.05) is 6.42 Å². The molecule has 1 aromatic rings. The van der Waals surface area contributed by atoms with Crippen molar-refractivity contribution in [3.8, 4) is 0 Å². The van der Waals surface area contributed by atoms with Gasteiger partial charge in [0.2, 0.25) is 0 Å². The largest absolute Gasteiger partial charge is 0.397 e. The molecule has 0 aromatic heterocycles. The Morgan fingerprint density at radius 3 is 2.78 bits per heavy atom. The van der Waals surface area contributed by atoms with E-state index in [9.17, 15) is 13.0 Å². The first-order valence-electron chi connectivity index (χ1n) is 8.61. The molecule has 1 aromatic carbocycles. The third-order valence-electron chi connectivity index (χ3n) is 6.66. The van der Waals surface area contributed by atoms with Crippen LogP contribution in [0.4, 0.5) is 0 Å². The Morgan fingerprint density at radius 2 is 2.00 bits per heavy atom. The summed E-state index contributed by atoms with van der Waals surface area (Å²) in [5.41, 5.74) is 2.83. The highest BCUT2D eigenvalue weighted by atomic mass is 32.3. The molecule has 0 saturated heterocycles. The number of hydrogen-bond donors (Lipinski definition) is 1. The lowest BCUT2D eigenvalue weighted by Gasteiger charge is -2.51. The minimum atomic E-state index is -4.43. The quantitative estimate of drug-likeness (QED) is 0.836. The molecule has 0 aliphatic heterocycles. The van der Waals surface area contributed by atoms with Crippen molar-refractivity contribution in [3.63, 3.8) is 0 Å². The first kappa shape index (κ1) is 15.6. The predicted molar refractivity (Wildman–Crippen MR) is 87.5 cm³/mol. The van der Waals surface area contributed by atoms with Gasteiger partial charge in [0.1, 0.15) is 0 Å². The summed E-state index contributed by atoms with van der Waals surface area (Å²) in [6, 6.07) is 8.32. The zero-order chi connectivity index (χ0) is 16.2. The van der Waals surface area contributed by atoms with E-state index in [1.165, 1.54) is 30.4 Å². The summed E-state index contributed by atoms with van der Waals surface area (Å²) in [5.74, 6) is 1.03. The van der Waals surface area contributed by atoms with E-state index in [0.29, 0.717) is 23.7 Å². The fourth-order valence-corrected chi connectivity index (χ4v) is 6.26. The molecule has 0 bridgehead atoms. The van der Waals surface area contributed by atoms with Crippen molar-refractivity contribution in [2.24, 2.45) is 17.3 Å². The lowest BCUT2D eigenvalue weighted by Crippen LogP contribution is -2.48. The molecule has 0 spiro atoms. The summed E-state index contributed by atoms with van der Waals surface area (Å²) in [6.45, 7) is 2.35. The van der Waals surface area contributed by atoms with Crippen LogP contribution >= 0.6 is 0 Å². The van der Waals surface area contributed by atoms with E-state index in [-0.39, 0.29) is 5.92 Å². The second-order valence-corrected chi connectivity index (χ2v) is 8.89. The Labute approximate surface area is 138 Å². The van der Waals surface area contributed by atoms with Gasteiger partial charge in [-0.2, -0.15) is 8.42 Å². The molecule has 4 rings (SSSR count). The molecule has 0 amide bonds. The third-order valence-corrected chi connectivity index (χ3v) is 7.15. The molecule has 2 fully saturated rings. The number of rotatable bonds is 2.